The molecule has 2 aliphatic carbocycles. The molecule has 6 nitrogen and oxygen atoms in total. The van der Waals surface area contributed by atoms with E-state index in [1.54, 1.807) is 18.2 Å². The Kier molecular flexibility index (Phi) is 4.39. The van der Waals surface area contributed by atoms with E-state index < -0.39 is 0 Å². The fourth-order valence-corrected chi connectivity index (χ4v) is 3.86. The summed E-state index contributed by atoms with van der Waals surface area (Å²) in [5, 5.41) is 10.5. The Morgan fingerprint density at radius 3 is 2.48 bits per heavy atom. The molecule has 146 valence electrons. The predicted octanol–water partition coefficient (Wildman–Crippen LogP) is 3.51. The maximum atomic E-state index is 13.1. The van der Waals surface area contributed by atoms with E-state index in [0.717, 1.165) is 49.0 Å². The Hall–Kier alpha value is -3.41. The lowest BCUT2D eigenvalue weighted by atomic mass is 10.1. The first kappa shape index (κ1) is 17.7. The predicted molar refractivity (Wildman–Crippen MR) is 110 cm³/mol. The molecule has 0 bridgehead atoms. The molecule has 1 heterocycles. The first-order valence-electron chi connectivity index (χ1n) is 10.1. The van der Waals surface area contributed by atoms with Crippen molar-refractivity contribution < 1.29 is 9.59 Å². The monoisotopic (exact) mass is 386 g/mol. The molecule has 2 amide bonds. The van der Waals surface area contributed by atoms with Gasteiger partial charge in [-0.25, -0.2) is 4.68 Å². The number of nitrogens with one attached hydrogen (secondary N) is 2. The summed E-state index contributed by atoms with van der Waals surface area (Å²) in [4.78, 5) is 25.6. The highest BCUT2D eigenvalue weighted by Crippen LogP contribution is 2.29. The van der Waals surface area contributed by atoms with Crippen LogP contribution in [0.4, 0.5) is 5.69 Å². The zero-order valence-corrected chi connectivity index (χ0v) is 16.0. The Morgan fingerprint density at radius 1 is 0.931 bits per heavy atom. The summed E-state index contributed by atoms with van der Waals surface area (Å²) in [6, 6.07) is 17.3. The number of rotatable bonds is 5. The van der Waals surface area contributed by atoms with Crippen LogP contribution in [0.3, 0.4) is 0 Å². The van der Waals surface area contributed by atoms with Crippen LogP contribution in [0.2, 0.25) is 0 Å². The lowest BCUT2D eigenvalue weighted by molar-refractivity contribution is 0.0952. The molecule has 5 rings (SSSR count). The van der Waals surface area contributed by atoms with E-state index in [0.29, 0.717) is 16.9 Å². The van der Waals surface area contributed by atoms with Crippen LogP contribution in [0.1, 0.15) is 51.4 Å². The van der Waals surface area contributed by atoms with Gasteiger partial charge in [0, 0.05) is 17.3 Å². The lowest BCUT2D eigenvalue weighted by Crippen LogP contribution is -2.27. The molecule has 1 saturated carbocycles. The van der Waals surface area contributed by atoms with Gasteiger partial charge in [0.1, 0.15) is 0 Å². The zero-order chi connectivity index (χ0) is 19.8. The zero-order valence-electron chi connectivity index (χ0n) is 16.0. The number of anilines is 1. The van der Waals surface area contributed by atoms with Gasteiger partial charge in [0.25, 0.3) is 11.8 Å². The minimum atomic E-state index is -0.274. The second kappa shape index (κ2) is 7.20. The molecule has 0 atom stereocenters. The molecular formula is C23H22N4O2. The molecule has 2 aliphatic rings. The summed E-state index contributed by atoms with van der Waals surface area (Å²) in [6.45, 7) is 0. The van der Waals surface area contributed by atoms with Gasteiger partial charge in [0.05, 0.1) is 16.9 Å². The van der Waals surface area contributed by atoms with E-state index in [9.17, 15) is 9.59 Å². The summed E-state index contributed by atoms with van der Waals surface area (Å²) >= 11 is 0. The summed E-state index contributed by atoms with van der Waals surface area (Å²) in [5.41, 5.74) is 4.49. The van der Waals surface area contributed by atoms with Crippen LogP contribution in [-0.2, 0) is 12.8 Å². The second-order valence-corrected chi connectivity index (χ2v) is 7.62. The van der Waals surface area contributed by atoms with Crippen molar-refractivity contribution in [1.82, 2.24) is 15.1 Å². The largest absolute Gasteiger partial charge is 0.349 e. The minimum Gasteiger partial charge on any atom is -0.349 e. The first-order valence-corrected chi connectivity index (χ1v) is 10.1. The van der Waals surface area contributed by atoms with Gasteiger partial charge in [-0.05, 0) is 56.4 Å². The Morgan fingerprint density at radius 2 is 1.69 bits per heavy atom. The normalized spacial score (nSPS) is 15.0. The first-order chi connectivity index (χ1) is 14.2. The maximum absolute atomic E-state index is 13.1. The van der Waals surface area contributed by atoms with Gasteiger partial charge in [-0.2, -0.15) is 5.10 Å². The third kappa shape index (κ3) is 3.42. The van der Waals surface area contributed by atoms with E-state index in [-0.39, 0.29) is 17.9 Å². The summed E-state index contributed by atoms with van der Waals surface area (Å²) in [5.74, 6) is -0.423. The number of nitrogens with zero attached hydrogens (tertiary/aromatic N) is 2. The average Bonchev–Trinajstić information content (AvgIpc) is 3.29. The Bertz CT molecular complexity index is 1080. The van der Waals surface area contributed by atoms with Gasteiger partial charge in [-0.15, -0.1) is 0 Å². The maximum Gasteiger partial charge on any atom is 0.276 e. The smallest absolute Gasteiger partial charge is 0.276 e. The van der Waals surface area contributed by atoms with Gasteiger partial charge in [-0.1, -0.05) is 30.3 Å². The molecule has 0 unspecified atom stereocenters. The summed E-state index contributed by atoms with van der Waals surface area (Å²) in [6.07, 6.45) is 4.80. The van der Waals surface area contributed by atoms with Crippen LogP contribution >= 0.6 is 0 Å². The number of aromatic nitrogens is 2. The van der Waals surface area contributed by atoms with Crippen molar-refractivity contribution in [3.05, 3.63) is 77.1 Å². The van der Waals surface area contributed by atoms with Crippen molar-refractivity contribution >= 4 is 17.5 Å². The van der Waals surface area contributed by atoms with Crippen molar-refractivity contribution in [1.29, 1.82) is 0 Å². The molecule has 2 N–H and O–H groups in total. The number of carbonyl (C=O) groups excluding carboxylic acids is 2. The highest BCUT2D eigenvalue weighted by Gasteiger charge is 2.28. The molecule has 3 aromatic rings. The van der Waals surface area contributed by atoms with Crippen molar-refractivity contribution in [2.24, 2.45) is 0 Å². The van der Waals surface area contributed by atoms with Crippen LogP contribution in [0.15, 0.2) is 54.6 Å². The number of hydrogen-bond donors (Lipinski definition) is 2. The fraction of sp³-hybridized carbons (Fsp3) is 0.261. The van der Waals surface area contributed by atoms with Crippen LogP contribution < -0.4 is 10.6 Å². The van der Waals surface area contributed by atoms with Crippen molar-refractivity contribution in [2.75, 3.05) is 5.32 Å². The van der Waals surface area contributed by atoms with Crippen molar-refractivity contribution in [3.8, 4) is 5.69 Å². The molecule has 1 aromatic heterocycles. The van der Waals surface area contributed by atoms with Gasteiger partial charge >= 0.3 is 0 Å². The van der Waals surface area contributed by atoms with Gasteiger partial charge < -0.3 is 10.6 Å². The molecule has 29 heavy (non-hydrogen) atoms. The van der Waals surface area contributed by atoms with E-state index in [1.165, 1.54) is 0 Å². The van der Waals surface area contributed by atoms with Crippen LogP contribution in [0, 0.1) is 0 Å². The topological polar surface area (TPSA) is 76.0 Å². The second-order valence-electron chi connectivity index (χ2n) is 7.62. The molecule has 6 heteroatoms. The number of fused-ring (bicyclic) bond motifs is 1. The molecule has 0 spiro atoms. The number of benzene rings is 2. The van der Waals surface area contributed by atoms with Gasteiger partial charge in [0.15, 0.2) is 5.69 Å². The number of carbonyl (C=O) groups is 2. The SMILES string of the molecule is O=C(NC1CC1)c1ccccc1NC(=O)c1nn(-c2ccccc2)c2c1CCC2. The number of amides is 2. The average molecular weight is 386 g/mol. The van der Waals surface area contributed by atoms with Crippen molar-refractivity contribution in [2.45, 2.75) is 38.1 Å². The highest BCUT2D eigenvalue weighted by molar-refractivity contribution is 6.09. The van der Waals surface area contributed by atoms with E-state index >= 15 is 0 Å². The van der Waals surface area contributed by atoms with Gasteiger partial charge in [0.2, 0.25) is 0 Å². The van der Waals surface area contributed by atoms with Gasteiger partial charge in [-0.3, -0.25) is 9.59 Å². The molecule has 2 aromatic carbocycles. The van der Waals surface area contributed by atoms with Crippen LogP contribution in [0.5, 0.6) is 0 Å². The minimum absolute atomic E-state index is 0.150. The molecule has 0 saturated heterocycles. The van der Waals surface area contributed by atoms with E-state index in [2.05, 4.69) is 15.7 Å². The molecular weight excluding hydrogens is 364 g/mol. The highest BCUT2D eigenvalue weighted by atomic mass is 16.2. The molecule has 1 fully saturated rings. The molecule has 0 radical (unpaired) electrons. The van der Waals surface area contributed by atoms with Crippen LogP contribution in [-0.4, -0.2) is 27.6 Å². The number of hydrogen-bond acceptors (Lipinski definition) is 3. The third-order valence-electron chi connectivity index (χ3n) is 5.48. The quantitative estimate of drug-likeness (QED) is 0.705. The Labute approximate surface area is 168 Å². The van der Waals surface area contributed by atoms with Crippen molar-refractivity contribution in [3.63, 3.8) is 0 Å². The Balaban J connectivity index is 1.45. The van der Waals surface area contributed by atoms with E-state index in [1.807, 2.05) is 41.1 Å². The van der Waals surface area contributed by atoms with Crippen LogP contribution in [0.25, 0.3) is 5.69 Å². The fourth-order valence-electron chi connectivity index (χ4n) is 3.86. The number of para-hydroxylation sites is 2. The lowest BCUT2D eigenvalue weighted by Gasteiger charge is -2.11. The summed E-state index contributed by atoms with van der Waals surface area (Å²) < 4.78 is 1.88. The summed E-state index contributed by atoms with van der Waals surface area (Å²) in [7, 11) is 0. The van der Waals surface area contributed by atoms with E-state index in [4.69, 9.17) is 0 Å². The third-order valence-corrected chi connectivity index (χ3v) is 5.48. The standard InChI is InChI=1S/C23H22N4O2/c28-22(24-15-13-14-15)17-9-4-5-11-19(17)25-23(29)21-18-10-6-12-20(18)27(26-21)16-7-2-1-3-8-16/h1-5,7-9,11,15H,6,10,12-14H2,(H,24,28)(H,25,29). The molecule has 0 aliphatic heterocycles.